The van der Waals surface area contributed by atoms with Gasteiger partial charge in [-0.05, 0) is 43.5 Å². The van der Waals surface area contributed by atoms with Gasteiger partial charge in [-0.15, -0.1) is 12.4 Å². The molecule has 2 aromatic rings. The number of aryl methyl sites for hydroxylation is 2. The van der Waals surface area contributed by atoms with Gasteiger partial charge in [0.1, 0.15) is 0 Å². The van der Waals surface area contributed by atoms with E-state index in [1.807, 2.05) is 17.9 Å². The topological polar surface area (TPSA) is 47.1 Å². The maximum absolute atomic E-state index is 6.14. The second-order valence-corrected chi connectivity index (χ2v) is 6.67. The van der Waals surface area contributed by atoms with Crippen LogP contribution in [0.5, 0.6) is 0 Å². The van der Waals surface area contributed by atoms with Crippen LogP contribution in [0, 0.1) is 12.8 Å². The van der Waals surface area contributed by atoms with Crippen LogP contribution in [-0.2, 0) is 13.6 Å². The van der Waals surface area contributed by atoms with Crippen molar-refractivity contribution >= 4 is 12.4 Å². The number of nitrogens with zero attached hydrogens (tertiary/aromatic N) is 3. The highest BCUT2D eigenvalue weighted by molar-refractivity contribution is 5.85. The lowest BCUT2D eigenvalue weighted by Gasteiger charge is -2.35. The molecule has 1 aromatic heterocycles. The molecule has 1 saturated heterocycles. The van der Waals surface area contributed by atoms with Crippen molar-refractivity contribution < 1.29 is 0 Å². The van der Waals surface area contributed by atoms with E-state index < -0.39 is 0 Å². The fourth-order valence-corrected chi connectivity index (χ4v) is 3.34. The van der Waals surface area contributed by atoms with Gasteiger partial charge in [-0.3, -0.25) is 9.58 Å². The lowest BCUT2D eigenvalue weighted by molar-refractivity contribution is 0.158. The molecule has 5 heteroatoms. The van der Waals surface area contributed by atoms with Gasteiger partial charge in [-0.1, -0.05) is 24.6 Å². The van der Waals surface area contributed by atoms with Crippen molar-refractivity contribution in [1.82, 2.24) is 14.7 Å². The molecule has 1 aliphatic rings. The Hall–Kier alpha value is -1.36. The summed E-state index contributed by atoms with van der Waals surface area (Å²) in [4.78, 5) is 2.53. The minimum atomic E-state index is 0. The predicted molar refractivity (Wildman–Crippen MR) is 97.7 cm³/mol. The van der Waals surface area contributed by atoms with Crippen LogP contribution in [0.4, 0.5) is 0 Å². The molecule has 1 aromatic carbocycles. The van der Waals surface area contributed by atoms with Crippen molar-refractivity contribution in [3.8, 4) is 11.3 Å². The number of hydrogen-bond acceptors (Lipinski definition) is 3. The molecular formula is C18H27ClN4. The second kappa shape index (κ2) is 7.47. The van der Waals surface area contributed by atoms with Gasteiger partial charge in [-0.25, -0.2) is 0 Å². The lowest BCUT2D eigenvalue weighted by Crippen LogP contribution is -2.45. The third-order valence-electron chi connectivity index (χ3n) is 4.81. The van der Waals surface area contributed by atoms with Gasteiger partial charge in [-0.2, -0.15) is 5.10 Å². The van der Waals surface area contributed by atoms with Gasteiger partial charge < -0.3 is 5.73 Å². The van der Waals surface area contributed by atoms with Crippen LogP contribution >= 0.6 is 12.4 Å². The van der Waals surface area contributed by atoms with E-state index in [0.717, 1.165) is 26.1 Å². The zero-order valence-corrected chi connectivity index (χ0v) is 15.0. The number of hydrogen-bond donors (Lipinski definition) is 1. The molecule has 23 heavy (non-hydrogen) atoms. The molecule has 1 aliphatic heterocycles. The molecule has 4 nitrogen and oxygen atoms in total. The predicted octanol–water partition coefficient (Wildman–Crippen LogP) is 2.99. The van der Waals surface area contributed by atoms with Crippen LogP contribution in [0.1, 0.15) is 24.5 Å². The summed E-state index contributed by atoms with van der Waals surface area (Å²) in [5, 5.41) is 4.32. The minimum absolute atomic E-state index is 0. The van der Waals surface area contributed by atoms with Crippen molar-refractivity contribution in [2.45, 2.75) is 32.9 Å². The zero-order chi connectivity index (χ0) is 15.7. The maximum Gasteiger partial charge on any atom is 0.0682 e. The molecule has 0 amide bonds. The number of piperidine rings is 1. The third kappa shape index (κ3) is 3.94. The smallest absolute Gasteiger partial charge is 0.0682 e. The minimum Gasteiger partial charge on any atom is -0.327 e. The summed E-state index contributed by atoms with van der Waals surface area (Å²) >= 11 is 0. The van der Waals surface area contributed by atoms with Gasteiger partial charge in [0.15, 0.2) is 0 Å². The highest BCUT2D eigenvalue weighted by atomic mass is 35.5. The van der Waals surface area contributed by atoms with Crippen molar-refractivity contribution in [2.24, 2.45) is 18.7 Å². The first-order valence-corrected chi connectivity index (χ1v) is 8.10. The first-order valence-electron chi connectivity index (χ1n) is 8.10. The molecular weight excluding hydrogens is 308 g/mol. The average Bonchev–Trinajstić information content (AvgIpc) is 2.91. The van der Waals surface area contributed by atoms with Crippen molar-refractivity contribution in [3.63, 3.8) is 0 Å². The first kappa shape index (κ1) is 18.0. The summed E-state index contributed by atoms with van der Waals surface area (Å²) in [6, 6.07) is 9.18. The Kier molecular flexibility index (Phi) is 5.84. The van der Waals surface area contributed by atoms with E-state index in [1.54, 1.807) is 0 Å². The summed E-state index contributed by atoms with van der Waals surface area (Å²) in [7, 11) is 2.00. The summed E-state index contributed by atoms with van der Waals surface area (Å²) < 4.78 is 1.95. The quantitative estimate of drug-likeness (QED) is 0.938. The summed E-state index contributed by atoms with van der Waals surface area (Å²) in [5.74, 6) is 0.569. The van der Waals surface area contributed by atoms with E-state index in [1.165, 1.54) is 22.4 Å². The van der Waals surface area contributed by atoms with E-state index >= 15 is 0 Å². The highest BCUT2D eigenvalue weighted by Crippen LogP contribution is 2.27. The van der Waals surface area contributed by atoms with E-state index in [0.29, 0.717) is 12.0 Å². The molecule has 0 radical (unpaired) electrons. The van der Waals surface area contributed by atoms with E-state index in [2.05, 4.69) is 48.1 Å². The Labute approximate surface area is 145 Å². The standard InChI is InChI=1S/C18H26N4.ClH/c1-13-4-5-15(12-22-9-7-17(19)14(2)11-22)16(10-13)18-6-8-20-21(18)3;/h4-6,8,10,14,17H,7,9,11-12,19H2,1-3H3;1H. The van der Waals surface area contributed by atoms with Gasteiger partial charge in [0.05, 0.1) is 5.69 Å². The van der Waals surface area contributed by atoms with Crippen molar-refractivity contribution in [1.29, 1.82) is 0 Å². The Balaban J connectivity index is 0.00000192. The number of nitrogens with two attached hydrogens (primary N) is 1. The molecule has 2 atom stereocenters. The van der Waals surface area contributed by atoms with Gasteiger partial charge in [0.2, 0.25) is 0 Å². The van der Waals surface area contributed by atoms with E-state index in [9.17, 15) is 0 Å². The Morgan fingerprint density at radius 3 is 2.74 bits per heavy atom. The molecule has 1 fully saturated rings. The summed E-state index contributed by atoms with van der Waals surface area (Å²) in [5.41, 5.74) is 11.3. The summed E-state index contributed by atoms with van der Waals surface area (Å²) in [6.45, 7) is 7.56. The van der Waals surface area contributed by atoms with Crippen LogP contribution in [0.25, 0.3) is 11.3 Å². The first-order chi connectivity index (χ1) is 10.5. The second-order valence-electron chi connectivity index (χ2n) is 6.67. The number of benzene rings is 1. The van der Waals surface area contributed by atoms with Crippen molar-refractivity contribution in [3.05, 3.63) is 41.6 Å². The normalized spacial score (nSPS) is 21.9. The number of aromatic nitrogens is 2. The monoisotopic (exact) mass is 334 g/mol. The van der Waals surface area contributed by atoms with Gasteiger partial charge in [0.25, 0.3) is 0 Å². The molecule has 2 unspecified atom stereocenters. The Morgan fingerprint density at radius 1 is 1.30 bits per heavy atom. The fourth-order valence-electron chi connectivity index (χ4n) is 3.34. The number of halogens is 1. The fraction of sp³-hybridized carbons (Fsp3) is 0.500. The van der Waals surface area contributed by atoms with Crippen LogP contribution in [0.2, 0.25) is 0 Å². The van der Waals surface area contributed by atoms with Gasteiger partial charge in [0, 0.05) is 37.9 Å². The highest BCUT2D eigenvalue weighted by Gasteiger charge is 2.23. The Morgan fingerprint density at radius 2 is 2.09 bits per heavy atom. The molecule has 2 N–H and O–H groups in total. The average molecular weight is 335 g/mol. The molecule has 0 saturated carbocycles. The van der Waals surface area contributed by atoms with Crippen LogP contribution in [-0.4, -0.2) is 33.8 Å². The van der Waals surface area contributed by atoms with Crippen LogP contribution in [0.3, 0.4) is 0 Å². The molecule has 0 bridgehead atoms. The molecule has 0 aliphatic carbocycles. The summed E-state index contributed by atoms with van der Waals surface area (Å²) in [6.07, 6.45) is 2.96. The van der Waals surface area contributed by atoms with Gasteiger partial charge >= 0.3 is 0 Å². The maximum atomic E-state index is 6.14. The van der Waals surface area contributed by atoms with Crippen molar-refractivity contribution in [2.75, 3.05) is 13.1 Å². The zero-order valence-electron chi connectivity index (χ0n) is 14.2. The lowest BCUT2D eigenvalue weighted by atomic mass is 9.93. The molecule has 3 rings (SSSR count). The van der Waals surface area contributed by atoms with Crippen LogP contribution in [0.15, 0.2) is 30.5 Å². The largest absolute Gasteiger partial charge is 0.327 e. The number of likely N-dealkylation sites (tertiary alicyclic amines) is 1. The Bertz CT molecular complexity index is 652. The van der Waals surface area contributed by atoms with E-state index in [-0.39, 0.29) is 12.4 Å². The molecule has 2 heterocycles. The molecule has 0 spiro atoms. The SMILES string of the molecule is Cc1ccc(CN2CCC(N)C(C)C2)c(-c2ccnn2C)c1.Cl. The van der Waals surface area contributed by atoms with Crippen LogP contribution < -0.4 is 5.73 Å². The van der Waals surface area contributed by atoms with E-state index in [4.69, 9.17) is 5.73 Å². The molecule has 126 valence electrons. The number of rotatable bonds is 3. The third-order valence-corrected chi connectivity index (χ3v) is 4.81.